The minimum Gasteiger partial charge on any atom is -0.347 e. The van der Waals surface area contributed by atoms with Gasteiger partial charge in [0.15, 0.2) is 0 Å². The van der Waals surface area contributed by atoms with Crippen LogP contribution in [0.1, 0.15) is 22.5 Å². The fraction of sp³-hybridized carbons (Fsp3) is 0.583. The molecule has 2 aliphatic heterocycles. The van der Waals surface area contributed by atoms with Gasteiger partial charge in [0.2, 0.25) is 0 Å². The number of hydrogen-bond acceptors (Lipinski definition) is 3. The lowest BCUT2D eigenvalue weighted by atomic mass is 9.97. The monoisotopic (exact) mass is 314 g/mol. The lowest BCUT2D eigenvalue weighted by Gasteiger charge is -2.30. The number of nitrogens with one attached hydrogen (secondary N) is 1. The minimum atomic E-state index is 0.0770. The Bertz CT molecular complexity index is 422. The molecule has 3 heterocycles. The average Bonchev–Trinajstić information content (AvgIpc) is 2.85. The number of fused-ring (bicyclic) bond motifs is 2. The first kappa shape index (κ1) is 11.7. The van der Waals surface area contributed by atoms with Gasteiger partial charge in [0, 0.05) is 19.1 Å². The first-order valence-electron chi connectivity index (χ1n) is 5.99. The van der Waals surface area contributed by atoms with Crippen molar-refractivity contribution in [3.8, 4) is 0 Å². The van der Waals surface area contributed by atoms with Gasteiger partial charge in [-0.05, 0) is 53.4 Å². The summed E-state index contributed by atoms with van der Waals surface area (Å²) in [5, 5.41) is 3.16. The quantitative estimate of drug-likeness (QED) is 0.908. The number of carbonyl (C=O) groups is 1. The molecule has 2 saturated heterocycles. The Labute approximate surface area is 113 Å². The number of halogens is 1. The van der Waals surface area contributed by atoms with Crippen molar-refractivity contribution in [2.75, 3.05) is 19.6 Å². The van der Waals surface area contributed by atoms with Crippen molar-refractivity contribution in [2.45, 2.75) is 18.9 Å². The van der Waals surface area contributed by atoms with Gasteiger partial charge < -0.3 is 10.2 Å². The maximum absolute atomic E-state index is 12.0. The van der Waals surface area contributed by atoms with Gasteiger partial charge in [-0.2, -0.15) is 0 Å². The molecule has 1 N–H and O–H groups in total. The van der Waals surface area contributed by atoms with E-state index in [-0.39, 0.29) is 5.91 Å². The molecular weight excluding hydrogens is 300 g/mol. The van der Waals surface area contributed by atoms with Crippen LogP contribution in [0.3, 0.4) is 0 Å². The summed E-state index contributed by atoms with van der Waals surface area (Å²) >= 11 is 4.88. The van der Waals surface area contributed by atoms with Gasteiger partial charge in [-0.15, -0.1) is 11.3 Å². The van der Waals surface area contributed by atoms with Crippen LogP contribution in [0.5, 0.6) is 0 Å². The molecule has 1 unspecified atom stereocenters. The van der Waals surface area contributed by atoms with Crippen LogP contribution in [0, 0.1) is 5.92 Å². The first-order valence-corrected chi connectivity index (χ1v) is 7.60. The van der Waals surface area contributed by atoms with Crippen molar-refractivity contribution in [2.24, 2.45) is 5.92 Å². The maximum atomic E-state index is 12.0. The number of amides is 1. The topological polar surface area (TPSA) is 32.3 Å². The Morgan fingerprint density at radius 2 is 2.35 bits per heavy atom. The summed E-state index contributed by atoms with van der Waals surface area (Å²) < 4.78 is 1.01. The van der Waals surface area contributed by atoms with Crippen LogP contribution in [-0.2, 0) is 0 Å². The van der Waals surface area contributed by atoms with E-state index in [0.717, 1.165) is 27.5 Å². The van der Waals surface area contributed by atoms with Crippen LogP contribution in [-0.4, -0.2) is 36.5 Å². The van der Waals surface area contributed by atoms with Crippen molar-refractivity contribution in [3.63, 3.8) is 0 Å². The highest BCUT2D eigenvalue weighted by Gasteiger charge is 2.33. The Morgan fingerprint density at radius 1 is 1.47 bits per heavy atom. The SMILES string of the molecule is O=C(N[C@@H]1C[C@H]2CCN(C2)C1)c1ccc(Br)s1. The molecule has 2 aliphatic rings. The second-order valence-corrected chi connectivity index (χ2v) is 7.39. The molecular formula is C12H15BrN2OS. The Balaban J connectivity index is 1.62. The van der Waals surface area contributed by atoms with E-state index < -0.39 is 0 Å². The predicted octanol–water partition coefficient (Wildman–Crippen LogP) is 2.33. The summed E-state index contributed by atoms with van der Waals surface area (Å²) in [6, 6.07) is 4.14. The number of hydrogen-bond donors (Lipinski definition) is 1. The van der Waals surface area contributed by atoms with Gasteiger partial charge >= 0.3 is 0 Å². The molecule has 0 saturated carbocycles. The standard InChI is InChI=1S/C12H15BrN2OS/c13-11-2-1-10(17-11)12(16)14-9-5-8-3-4-15(6-8)7-9/h1-2,8-9H,3-7H2,(H,14,16)/t8-,9-/m1/s1. The normalized spacial score (nSPS) is 31.5. The third-order valence-electron chi connectivity index (χ3n) is 3.60. The highest BCUT2D eigenvalue weighted by atomic mass is 79.9. The molecule has 1 aromatic rings. The van der Waals surface area contributed by atoms with Crippen molar-refractivity contribution < 1.29 is 4.79 Å². The predicted molar refractivity (Wildman–Crippen MR) is 72.4 cm³/mol. The summed E-state index contributed by atoms with van der Waals surface area (Å²) in [4.78, 5) is 15.3. The molecule has 2 fully saturated rings. The first-order chi connectivity index (χ1) is 8.20. The van der Waals surface area contributed by atoms with Gasteiger partial charge in [0.25, 0.3) is 5.91 Å². The zero-order valence-corrected chi connectivity index (χ0v) is 11.9. The van der Waals surface area contributed by atoms with E-state index in [0.29, 0.717) is 6.04 Å². The molecule has 3 atom stereocenters. The minimum absolute atomic E-state index is 0.0770. The van der Waals surface area contributed by atoms with Gasteiger partial charge in [0.05, 0.1) is 8.66 Å². The average molecular weight is 315 g/mol. The summed E-state index contributed by atoms with van der Waals surface area (Å²) in [7, 11) is 0. The zero-order valence-electron chi connectivity index (χ0n) is 9.49. The summed E-state index contributed by atoms with van der Waals surface area (Å²) in [6.07, 6.45) is 2.45. The molecule has 2 bridgehead atoms. The number of thiophene rings is 1. The third-order valence-corrected chi connectivity index (χ3v) is 5.22. The Hall–Kier alpha value is -0.390. The van der Waals surface area contributed by atoms with Gasteiger partial charge in [-0.3, -0.25) is 4.79 Å². The molecule has 17 heavy (non-hydrogen) atoms. The van der Waals surface area contributed by atoms with Crippen LogP contribution in [0.2, 0.25) is 0 Å². The number of rotatable bonds is 2. The highest BCUT2D eigenvalue weighted by Crippen LogP contribution is 2.27. The number of nitrogens with zero attached hydrogens (tertiary/aromatic N) is 1. The van der Waals surface area contributed by atoms with Gasteiger partial charge in [-0.25, -0.2) is 0 Å². The van der Waals surface area contributed by atoms with E-state index in [9.17, 15) is 4.79 Å². The van der Waals surface area contributed by atoms with E-state index >= 15 is 0 Å². The summed E-state index contributed by atoms with van der Waals surface area (Å²) in [5.74, 6) is 0.873. The second-order valence-electron chi connectivity index (χ2n) is 4.92. The molecule has 92 valence electrons. The molecule has 1 amide bonds. The molecule has 0 aromatic carbocycles. The molecule has 0 aliphatic carbocycles. The van der Waals surface area contributed by atoms with Crippen LogP contribution in [0.4, 0.5) is 0 Å². The van der Waals surface area contributed by atoms with E-state index in [4.69, 9.17) is 0 Å². The lowest BCUT2D eigenvalue weighted by molar-refractivity contribution is 0.0913. The second kappa shape index (κ2) is 4.71. The van der Waals surface area contributed by atoms with Crippen molar-refractivity contribution >= 4 is 33.2 Å². The number of piperidine rings is 1. The van der Waals surface area contributed by atoms with Crippen molar-refractivity contribution in [1.82, 2.24) is 10.2 Å². The fourth-order valence-electron chi connectivity index (χ4n) is 2.86. The number of carbonyl (C=O) groups excluding carboxylic acids is 1. The molecule has 3 nitrogen and oxygen atoms in total. The smallest absolute Gasteiger partial charge is 0.261 e. The fourth-order valence-corrected chi connectivity index (χ4v) is 4.15. The van der Waals surface area contributed by atoms with E-state index in [1.165, 1.54) is 30.8 Å². The van der Waals surface area contributed by atoms with Gasteiger partial charge in [-0.1, -0.05) is 0 Å². The maximum Gasteiger partial charge on any atom is 0.261 e. The van der Waals surface area contributed by atoms with E-state index in [2.05, 4.69) is 26.1 Å². The van der Waals surface area contributed by atoms with E-state index in [1.54, 1.807) is 0 Å². The van der Waals surface area contributed by atoms with Gasteiger partial charge in [0.1, 0.15) is 0 Å². The Morgan fingerprint density at radius 3 is 3.06 bits per heavy atom. The van der Waals surface area contributed by atoms with Crippen LogP contribution < -0.4 is 5.32 Å². The summed E-state index contributed by atoms with van der Waals surface area (Å²) in [5.41, 5.74) is 0. The largest absolute Gasteiger partial charge is 0.347 e. The zero-order chi connectivity index (χ0) is 11.8. The van der Waals surface area contributed by atoms with Crippen molar-refractivity contribution in [3.05, 3.63) is 20.8 Å². The molecule has 5 heteroatoms. The Kier molecular flexibility index (Phi) is 3.23. The molecule has 3 rings (SSSR count). The molecule has 0 radical (unpaired) electrons. The van der Waals surface area contributed by atoms with Crippen molar-refractivity contribution in [1.29, 1.82) is 0 Å². The molecule has 0 spiro atoms. The summed E-state index contributed by atoms with van der Waals surface area (Å²) in [6.45, 7) is 3.47. The van der Waals surface area contributed by atoms with Crippen LogP contribution in [0.25, 0.3) is 0 Å². The van der Waals surface area contributed by atoms with E-state index in [1.807, 2.05) is 12.1 Å². The van der Waals surface area contributed by atoms with Crippen LogP contribution >= 0.6 is 27.3 Å². The molecule has 1 aromatic heterocycles. The lowest BCUT2D eigenvalue weighted by Crippen LogP contribution is -2.46. The third kappa shape index (κ3) is 2.56. The van der Waals surface area contributed by atoms with Crippen LogP contribution in [0.15, 0.2) is 15.9 Å². The highest BCUT2D eigenvalue weighted by molar-refractivity contribution is 9.11.